The smallest absolute Gasteiger partial charge is 0.326 e. The van der Waals surface area contributed by atoms with Crippen molar-refractivity contribution in [1.29, 1.82) is 5.26 Å². The third-order valence-electron chi connectivity index (χ3n) is 8.50. The number of nitrogens with one attached hydrogen (secondary N) is 2. The molecule has 0 atom stereocenters. The van der Waals surface area contributed by atoms with E-state index in [2.05, 4.69) is 36.6 Å². The Balaban J connectivity index is 1.19. The van der Waals surface area contributed by atoms with E-state index in [0.717, 1.165) is 42.4 Å². The summed E-state index contributed by atoms with van der Waals surface area (Å²) in [4.78, 5) is 40.2. The third-order valence-corrected chi connectivity index (χ3v) is 8.50. The zero-order valence-electron chi connectivity index (χ0n) is 26.5. The number of nitriles is 1. The number of benzene rings is 1. The second kappa shape index (κ2) is 14.8. The van der Waals surface area contributed by atoms with Crippen LogP contribution < -0.4 is 20.3 Å². The highest BCUT2D eigenvalue weighted by atomic mass is 16.5. The van der Waals surface area contributed by atoms with Gasteiger partial charge in [0.05, 0.1) is 32.6 Å². The number of carbonyl (C=O) groups is 1. The standard InChI is InChI=1S/C34H38N10O3/c1-3-43(20-23-7-5-4-6-8-23)34(45)44(30-14-9-24(16-36-30)26-18-38-33(46-2)39-19-26)29-12-10-27(11-13-29)41-32-37-17-25(15-35)31(42-32)40-28-21-47-22-28/h4-9,14,16-19,27-29H,3,10-13,20-22H2,1-2H3,(H2,37,40,41,42). The van der Waals surface area contributed by atoms with Crippen LogP contribution in [0.25, 0.3) is 11.1 Å². The predicted molar refractivity (Wildman–Crippen MR) is 177 cm³/mol. The molecule has 0 spiro atoms. The van der Waals surface area contributed by atoms with E-state index in [1.54, 1.807) is 24.8 Å². The Morgan fingerprint density at radius 1 is 0.936 bits per heavy atom. The van der Waals surface area contributed by atoms with Crippen molar-refractivity contribution in [3.63, 3.8) is 0 Å². The highest BCUT2D eigenvalue weighted by molar-refractivity contribution is 5.92. The lowest BCUT2D eigenvalue weighted by Gasteiger charge is -2.39. The number of aromatic nitrogens is 5. The Kier molecular flexibility index (Phi) is 9.98. The number of ether oxygens (including phenoxy) is 2. The molecule has 0 bridgehead atoms. The van der Waals surface area contributed by atoms with Gasteiger partial charge in [0, 0.05) is 54.9 Å². The molecule has 47 heavy (non-hydrogen) atoms. The van der Waals surface area contributed by atoms with Crippen molar-refractivity contribution >= 4 is 23.6 Å². The van der Waals surface area contributed by atoms with E-state index >= 15 is 0 Å². The Hall–Kier alpha value is -5.35. The topological polar surface area (TPSA) is 154 Å². The van der Waals surface area contributed by atoms with Crippen LogP contribution in [0.1, 0.15) is 43.7 Å². The van der Waals surface area contributed by atoms with Gasteiger partial charge in [-0.3, -0.25) is 4.90 Å². The van der Waals surface area contributed by atoms with Crippen LogP contribution in [-0.4, -0.2) is 80.8 Å². The maximum atomic E-state index is 14.3. The van der Waals surface area contributed by atoms with Crippen LogP contribution in [0.15, 0.2) is 67.3 Å². The summed E-state index contributed by atoms with van der Waals surface area (Å²) in [6.07, 6.45) is 9.83. The molecule has 6 rings (SSSR count). The van der Waals surface area contributed by atoms with Crippen molar-refractivity contribution < 1.29 is 14.3 Å². The maximum Gasteiger partial charge on any atom is 0.326 e. The fourth-order valence-corrected chi connectivity index (χ4v) is 5.80. The Bertz CT molecular complexity index is 1670. The number of amides is 2. The van der Waals surface area contributed by atoms with Gasteiger partial charge in [-0.05, 0) is 50.3 Å². The predicted octanol–water partition coefficient (Wildman–Crippen LogP) is 4.89. The molecule has 2 aliphatic rings. The lowest BCUT2D eigenvalue weighted by molar-refractivity contribution is 0.0209. The number of urea groups is 1. The number of pyridine rings is 1. The van der Waals surface area contributed by atoms with Crippen molar-refractivity contribution in [2.45, 2.75) is 57.3 Å². The van der Waals surface area contributed by atoms with E-state index in [0.29, 0.717) is 55.5 Å². The summed E-state index contributed by atoms with van der Waals surface area (Å²) in [7, 11) is 1.53. The molecular weight excluding hydrogens is 596 g/mol. The van der Waals surface area contributed by atoms with E-state index in [1.807, 2.05) is 59.2 Å². The van der Waals surface area contributed by atoms with Gasteiger partial charge in [-0.1, -0.05) is 30.3 Å². The minimum absolute atomic E-state index is 0.0502. The maximum absolute atomic E-state index is 14.3. The average molecular weight is 635 g/mol. The monoisotopic (exact) mass is 634 g/mol. The van der Waals surface area contributed by atoms with Gasteiger partial charge < -0.3 is 25.0 Å². The molecule has 1 aliphatic carbocycles. The van der Waals surface area contributed by atoms with E-state index in [4.69, 9.17) is 14.5 Å². The first-order chi connectivity index (χ1) is 23.0. The highest BCUT2D eigenvalue weighted by Crippen LogP contribution is 2.31. The van der Waals surface area contributed by atoms with Crippen molar-refractivity contribution in [2.75, 3.05) is 42.4 Å². The summed E-state index contributed by atoms with van der Waals surface area (Å²) in [5.74, 6) is 1.59. The van der Waals surface area contributed by atoms with Crippen molar-refractivity contribution in [1.82, 2.24) is 29.8 Å². The van der Waals surface area contributed by atoms with Gasteiger partial charge >= 0.3 is 12.0 Å². The van der Waals surface area contributed by atoms with Crippen LogP contribution in [0.5, 0.6) is 6.01 Å². The fraction of sp³-hybridized carbons (Fsp3) is 0.382. The highest BCUT2D eigenvalue weighted by Gasteiger charge is 2.33. The molecule has 13 heteroatoms. The molecule has 4 aromatic rings. The SMILES string of the molecule is CCN(Cc1ccccc1)C(=O)N(c1ccc(-c2cnc(OC)nc2)cn1)C1CCC(Nc2ncc(C#N)c(NC3COC3)n2)CC1. The number of nitrogens with zero attached hydrogens (tertiary/aromatic N) is 8. The van der Waals surface area contributed by atoms with E-state index in [-0.39, 0.29) is 24.2 Å². The molecule has 2 fully saturated rings. The molecule has 0 radical (unpaired) electrons. The minimum Gasteiger partial charge on any atom is -0.467 e. The van der Waals surface area contributed by atoms with Crippen molar-refractivity contribution in [3.8, 4) is 23.2 Å². The summed E-state index contributed by atoms with van der Waals surface area (Å²) in [5, 5.41) is 16.2. The minimum atomic E-state index is -0.0769. The molecule has 2 N–H and O–H groups in total. The van der Waals surface area contributed by atoms with Crippen LogP contribution in [0.2, 0.25) is 0 Å². The summed E-state index contributed by atoms with van der Waals surface area (Å²) in [6.45, 7) is 4.24. The number of anilines is 3. The quantitative estimate of drug-likeness (QED) is 0.232. The first-order valence-corrected chi connectivity index (χ1v) is 15.9. The molecule has 0 unspecified atom stereocenters. The normalized spacial score (nSPS) is 17.6. The van der Waals surface area contributed by atoms with Crippen LogP contribution >= 0.6 is 0 Å². The molecule has 1 saturated carbocycles. The van der Waals surface area contributed by atoms with Crippen molar-refractivity contribution in [3.05, 3.63) is 78.4 Å². The Morgan fingerprint density at radius 2 is 1.68 bits per heavy atom. The molecule has 4 heterocycles. The lowest BCUT2D eigenvalue weighted by atomic mass is 9.90. The average Bonchev–Trinajstić information content (AvgIpc) is 3.10. The number of hydrogen-bond acceptors (Lipinski definition) is 11. The van der Waals surface area contributed by atoms with Gasteiger partial charge in [-0.25, -0.2) is 24.7 Å². The zero-order chi connectivity index (χ0) is 32.6. The molecule has 242 valence electrons. The Labute approximate surface area is 274 Å². The Morgan fingerprint density at radius 3 is 2.30 bits per heavy atom. The zero-order valence-corrected chi connectivity index (χ0v) is 26.5. The number of carbonyl (C=O) groups excluding carboxylic acids is 1. The molecule has 1 saturated heterocycles. The first kappa shape index (κ1) is 31.6. The molecular formula is C34H38N10O3. The number of rotatable bonds is 11. The largest absolute Gasteiger partial charge is 0.467 e. The van der Waals surface area contributed by atoms with Gasteiger partial charge in [-0.15, -0.1) is 0 Å². The van der Waals surface area contributed by atoms with Gasteiger partial charge in [0.15, 0.2) is 0 Å². The van der Waals surface area contributed by atoms with E-state index in [1.165, 1.54) is 7.11 Å². The molecule has 1 aromatic carbocycles. The van der Waals surface area contributed by atoms with Crippen LogP contribution in [0.4, 0.5) is 22.4 Å². The van der Waals surface area contributed by atoms with Crippen LogP contribution in [0.3, 0.4) is 0 Å². The molecule has 13 nitrogen and oxygen atoms in total. The van der Waals surface area contributed by atoms with Crippen LogP contribution in [-0.2, 0) is 11.3 Å². The molecule has 1 aliphatic heterocycles. The van der Waals surface area contributed by atoms with Gasteiger partial charge in [0.1, 0.15) is 23.3 Å². The van der Waals surface area contributed by atoms with E-state index in [9.17, 15) is 10.1 Å². The van der Waals surface area contributed by atoms with Gasteiger partial charge in [0.25, 0.3) is 0 Å². The van der Waals surface area contributed by atoms with Gasteiger partial charge in [-0.2, -0.15) is 10.2 Å². The molecule has 3 aromatic heterocycles. The van der Waals surface area contributed by atoms with Crippen molar-refractivity contribution in [2.24, 2.45) is 0 Å². The summed E-state index contributed by atoms with van der Waals surface area (Å²) in [5.41, 5.74) is 3.11. The lowest BCUT2D eigenvalue weighted by Crippen LogP contribution is -2.50. The fourth-order valence-electron chi connectivity index (χ4n) is 5.80. The second-order valence-electron chi connectivity index (χ2n) is 11.6. The second-order valence-corrected chi connectivity index (χ2v) is 11.6. The third kappa shape index (κ3) is 7.56. The molecule has 2 amide bonds. The number of hydrogen-bond donors (Lipinski definition) is 2. The number of methoxy groups -OCH3 is 1. The van der Waals surface area contributed by atoms with Gasteiger partial charge in [0.2, 0.25) is 5.95 Å². The summed E-state index contributed by atoms with van der Waals surface area (Å²) in [6, 6.07) is 16.4. The summed E-state index contributed by atoms with van der Waals surface area (Å²) < 4.78 is 10.3. The van der Waals surface area contributed by atoms with Crippen LogP contribution in [0, 0.1) is 11.3 Å². The first-order valence-electron chi connectivity index (χ1n) is 15.9. The summed E-state index contributed by atoms with van der Waals surface area (Å²) >= 11 is 0. The van der Waals surface area contributed by atoms with E-state index < -0.39 is 0 Å².